The molecule has 0 fully saturated rings. The topological polar surface area (TPSA) is 141 Å². The number of nitro groups is 1. The first-order valence-electron chi connectivity index (χ1n) is 6.94. The van der Waals surface area contributed by atoms with Crippen molar-refractivity contribution in [1.82, 2.24) is 0 Å². The number of carbonyl (C=O) groups is 1. The molecule has 9 heteroatoms. The van der Waals surface area contributed by atoms with Crippen molar-refractivity contribution in [3.05, 3.63) is 33.9 Å². The first-order chi connectivity index (χ1) is 11.1. The molecule has 0 aliphatic heterocycles. The molecule has 9 nitrogen and oxygen atoms in total. The van der Waals surface area contributed by atoms with Crippen LogP contribution in [0.4, 0.5) is 11.4 Å². The number of nitrogens with one attached hydrogen (secondary N) is 1. The van der Waals surface area contributed by atoms with Gasteiger partial charge in [-0.1, -0.05) is 0 Å². The number of anilines is 1. The summed E-state index contributed by atoms with van der Waals surface area (Å²) in [4.78, 5) is 22.2. The van der Waals surface area contributed by atoms with Gasteiger partial charge in [0.15, 0.2) is 0 Å². The van der Waals surface area contributed by atoms with Gasteiger partial charge in [0.25, 0.3) is 5.69 Å². The fraction of sp³-hybridized carbons (Fsp3) is 0.429. The number of hydrogen-bond donors (Lipinski definition) is 2. The molecular formula is C14H18N4O5. The third-order valence-corrected chi connectivity index (χ3v) is 2.70. The van der Waals surface area contributed by atoms with Crippen molar-refractivity contribution in [3.63, 3.8) is 0 Å². The van der Waals surface area contributed by atoms with Crippen LogP contribution in [-0.2, 0) is 9.47 Å². The van der Waals surface area contributed by atoms with E-state index in [1.165, 1.54) is 12.1 Å². The molecule has 3 N–H and O–H groups in total. The van der Waals surface area contributed by atoms with Crippen LogP contribution in [0.1, 0.15) is 16.8 Å². The number of ether oxygens (including phenoxy) is 2. The number of nitrogens with zero attached hydrogens (tertiary/aromatic N) is 2. The molecule has 1 aromatic carbocycles. The summed E-state index contributed by atoms with van der Waals surface area (Å²) in [6, 6.07) is 5.83. The Bertz CT molecular complexity index is 585. The third kappa shape index (κ3) is 6.29. The summed E-state index contributed by atoms with van der Waals surface area (Å²) < 4.78 is 10.1. The Morgan fingerprint density at radius 1 is 1.39 bits per heavy atom. The zero-order chi connectivity index (χ0) is 17.1. The molecule has 0 radical (unpaired) electrons. The van der Waals surface area contributed by atoms with Gasteiger partial charge >= 0.3 is 5.97 Å². The lowest BCUT2D eigenvalue weighted by Crippen LogP contribution is -2.17. The number of hydrogen-bond acceptors (Lipinski definition) is 8. The average Bonchev–Trinajstić information content (AvgIpc) is 2.55. The van der Waals surface area contributed by atoms with Crippen molar-refractivity contribution in [3.8, 4) is 6.07 Å². The van der Waals surface area contributed by atoms with Gasteiger partial charge in [-0.3, -0.25) is 10.1 Å². The maximum absolute atomic E-state index is 12.0. The highest BCUT2D eigenvalue weighted by atomic mass is 16.6. The molecule has 0 saturated carbocycles. The smallest absolute Gasteiger partial charge is 0.340 e. The Morgan fingerprint density at radius 2 is 2.17 bits per heavy atom. The summed E-state index contributed by atoms with van der Waals surface area (Å²) in [5, 5.41) is 22.2. The highest BCUT2D eigenvalue weighted by Gasteiger charge is 2.17. The Balaban J connectivity index is 2.74. The van der Waals surface area contributed by atoms with Crippen LogP contribution in [0.5, 0.6) is 0 Å². The van der Waals surface area contributed by atoms with Crippen molar-refractivity contribution in [1.29, 1.82) is 5.26 Å². The highest BCUT2D eigenvalue weighted by Crippen LogP contribution is 2.23. The molecular weight excluding hydrogens is 304 g/mol. The molecule has 0 bridgehead atoms. The van der Waals surface area contributed by atoms with Gasteiger partial charge in [0.1, 0.15) is 6.61 Å². The van der Waals surface area contributed by atoms with E-state index in [9.17, 15) is 14.9 Å². The Morgan fingerprint density at radius 3 is 2.83 bits per heavy atom. The standard InChI is InChI=1S/C14H18N4O5/c15-4-1-7-22-9-6-17-13-3-2-11(18(20)21)10-12(13)14(19)23-8-5-16/h2-3,10,17H,1,5-9,16H2. The van der Waals surface area contributed by atoms with E-state index >= 15 is 0 Å². The molecule has 0 aliphatic rings. The molecule has 0 aromatic heterocycles. The van der Waals surface area contributed by atoms with Gasteiger partial charge in [-0.15, -0.1) is 0 Å². The fourth-order valence-electron chi connectivity index (χ4n) is 1.68. The molecule has 0 amide bonds. The van der Waals surface area contributed by atoms with E-state index < -0.39 is 10.9 Å². The number of nitrogens with two attached hydrogens (primary N) is 1. The van der Waals surface area contributed by atoms with Crippen LogP contribution in [0.15, 0.2) is 18.2 Å². The first kappa shape index (κ1) is 18.3. The van der Waals surface area contributed by atoms with Gasteiger partial charge in [-0.2, -0.15) is 5.26 Å². The van der Waals surface area contributed by atoms with Crippen LogP contribution < -0.4 is 11.1 Å². The van der Waals surface area contributed by atoms with Crippen LogP contribution in [-0.4, -0.2) is 43.8 Å². The molecule has 23 heavy (non-hydrogen) atoms. The second kappa shape index (κ2) is 10.1. The van der Waals surface area contributed by atoms with Crippen LogP contribution in [0, 0.1) is 21.4 Å². The predicted octanol–water partition coefficient (Wildman–Crippen LogP) is 1.05. The van der Waals surface area contributed by atoms with Crippen LogP contribution in [0.3, 0.4) is 0 Å². The number of nitriles is 1. The number of esters is 1. The Labute approximate surface area is 133 Å². The number of benzene rings is 1. The van der Waals surface area contributed by atoms with Gasteiger partial charge in [0, 0.05) is 30.9 Å². The lowest BCUT2D eigenvalue weighted by molar-refractivity contribution is -0.384. The maximum Gasteiger partial charge on any atom is 0.340 e. The normalized spacial score (nSPS) is 9.91. The van der Waals surface area contributed by atoms with Gasteiger partial charge in [-0.05, 0) is 6.07 Å². The van der Waals surface area contributed by atoms with Gasteiger partial charge in [0.2, 0.25) is 0 Å². The fourth-order valence-corrected chi connectivity index (χ4v) is 1.68. The lowest BCUT2D eigenvalue weighted by atomic mass is 10.1. The van der Waals surface area contributed by atoms with E-state index in [0.29, 0.717) is 31.9 Å². The first-order valence-corrected chi connectivity index (χ1v) is 6.94. The summed E-state index contributed by atoms with van der Waals surface area (Å²) in [5.74, 6) is -0.688. The molecule has 1 aromatic rings. The van der Waals surface area contributed by atoms with Gasteiger partial charge in [-0.25, -0.2) is 4.79 Å². The molecule has 0 heterocycles. The molecule has 124 valence electrons. The molecule has 0 atom stereocenters. The number of nitro benzene ring substituents is 1. The van der Waals surface area contributed by atoms with Gasteiger partial charge < -0.3 is 20.5 Å². The largest absolute Gasteiger partial charge is 0.461 e. The van der Waals surface area contributed by atoms with E-state index in [-0.39, 0.29) is 24.4 Å². The minimum absolute atomic E-state index is 0.0260. The number of rotatable bonds is 10. The van der Waals surface area contributed by atoms with E-state index in [2.05, 4.69) is 5.32 Å². The lowest BCUT2D eigenvalue weighted by Gasteiger charge is -2.11. The van der Waals surface area contributed by atoms with Crippen molar-refractivity contribution in [2.24, 2.45) is 5.73 Å². The van der Waals surface area contributed by atoms with Crippen molar-refractivity contribution < 1.29 is 19.2 Å². The van der Waals surface area contributed by atoms with Crippen molar-refractivity contribution in [2.45, 2.75) is 6.42 Å². The summed E-state index contributed by atoms with van der Waals surface area (Å²) in [7, 11) is 0. The van der Waals surface area contributed by atoms with E-state index in [1.807, 2.05) is 6.07 Å². The summed E-state index contributed by atoms with van der Waals surface area (Å²) >= 11 is 0. The number of non-ortho nitro benzene ring substituents is 1. The zero-order valence-electron chi connectivity index (χ0n) is 12.5. The monoisotopic (exact) mass is 322 g/mol. The summed E-state index contributed by atoms with van der Waals surface area (Å²) in [6.07, 6.45) is 0.300. The molecule has 0 unspecified atom stereocenters. The van der Waals surface area contributed by atoms with E-state index in [0.717, 1.165) is 6.07 Å². The van der Waals surface area contributed by atoms with E-state index in [1.54, 1.807) is 0 Å². The SMILES string of the molecule is N#CCCOCCNc1ccc([N+](=O)[O-])cc1C(=O)OCCN. The second-order valence-electron chi connectivity index (χ2n) is 4.36. The summed E-state index contributed by atoms with van der Waals surface area (Å²) in [6.45, 7) is 1.22. The van der Waals surface area contributed by atoms with Crippen LogP contribution in [0.25, 0.3) is 0 Å². The van der Waals surface area contributed by atoms with Crippen LogP contribution in [0.2, 0.25) is 0 Å². The minimum atomic E-state index is -0.688. The number of carbonyl (C=O) groups excluding carboxylic acids is 1. The average molecular weight is 322 g/mol. The molecule has 1 rings (SSSR count). The second-order valence-corrected chi connectivity index (χ2v) is 4.36. The summed E-state index contributed by atoms with van der Waals surface area (Å²) in [5.41, 5.74) is 5.52. The zero-order valence-corrected chi connectivity index (χ0v) is 12.5. The predicted molar refractivity (Wildman–Crippen MR) is 82.0 cm³/mol. The van der Waals surface area contributed by atoms with E-state index in [4.69, 9.17) is 20.5 Å². The Kier molecular flexibility index (Phi) is 8.06. The maximum atomic E-state index is 12.0. The van der Waals surface area contributed by atoms with Crippen LogP contribution >= 0.6 is 0 Å². The van der Waals surface area contributed by atoms with Crippen molar-refractivity contribution >= 4 is 17.3 Å². The molecule has 0 saturated heterocycles. The third-order valence-electron chi connectivity index (χ3n) is 2.70. The van der Waals surface area contributed by atoms with Crippen molar-refractivity contribution in [2.75, 3.05) is 38.2 Å². The van der Waals surface area contributed by atoms with Gasteiger partial charge in [0.05, 0.1) is 36.2 Å². The molecule has 0 aliphatic carbocycles. The Hall–Kier alpha value is -2.70. The quantitative estimate of drug-likeness (QED) is 0.282. The molecule has 0 spiro atoms. The minimum Gasteiger partial charge on any atom is -0.461 e. The highest BCUT2D eigenvalue weighted by molar-refractivity contribution is 5.96.